The van der Waals surface area contributed by atoms with E-state index >= 15 is 0 Å². The van der Waals surface area contributed by atoms with Crippen molar-refractivity contribution in [3.05, 3.63) is 60.1 Å². The lowest BCUT2D eigenvalue weighted by Gasteiger charge is -2.32. The number of amides is 1. The molecule has 200 valence electrons. The maximum atomic E-state index is 12.8. The van der Waals surface area contributed by atoms with Crippen molar-refractivity contribution >= 4 is 17.5 Å². The number of likely N-dealkylation sites (N-methyl/N-ethyl adjacent to an activating group) is 1. The second-order valence-electron chi connectivity index (χ2n) is 8.59. The van der Waals surface area contributed by atoms with Crippen LogP contribution in [0.15, 0.2) is 43.1 Å². The van der Waals surface area contributed by atoms with E-state index in [2.05, 4.69) is 32.0 Å². The quantitative estimate of drug-likeness (QED) is 0.504. The summed E-state index contributed by atoms with van der Waals surface area (Å²) < 4.78 is 38.8. The lowest BCUT2D eigenvalue weighted by molar-refractivity contribution is -0.192. The molecule has 0 bridgehead atoms. The zero-order chi connectivity index (χ0) is 27.0. The zero-order valence-corrected chi connectivity index (χ0v) is 20.6. The highest BCUT2D eigenvalue weighted by molar-refractivity contribution is 5.97. The number of carbonyl (C=O) groups is 2. The van der Waals surface area contributed by atoms with Crippen molar-refractivity contribution in [3.63, 3.8) is 0 Å². The molecule has 3 aromatic rings. The van der Waals surface area contributed by atoms with Gasteiger partial charge < -0.3 is 14.7 Å². The molecule has 4 heterocycles. The molecule has 1 fully saturated rings. The number of likely N-dealkylation sites (tertiary alicyclic amines) is 1. The summed E-state index contributed by atoms with van der Waals surface area (Å²) in [5, 5.41) is 7.12. The first-order valence-corrected chi connectivity index (χ1v) is 11.6. The van der Waals surface area contributed by atoms with Gasteiger partial charge in [0.25, 0.3) is 5.91 Å². The van der Waals surface area contributed by atoms with Crippen LogP contribution in [0.1, 0.15) is 40.5 Å². The van der Waals surface area contributed by atoms with Crippen LogP contribution >= 0.6 is 0 Å². The van der Waals surface area contributed by atoms with Gasteiger partial charge >= 0.3 is 12.1 Å². The predicted octanol–water partition coefficient (Wildman–Crippen LogP) is 2.86. The highest BCUT2D eigenvalue weighted by atomic mass is 19.4. The molecule has 0 spiro atoms. The number of imidazole rings is 1. The Kier molecular flexibility index (Phi) is 9.53. The lowest BCUT2D eigenvalue weighted by Crippen LogP contribution is -2.33. The fraction of sp³-hybridized carbons (Fsp3) is 0.458. The van der Waals surface area contributed by atoms with Gasteiger partial charge in [-0.05, 0) is 43.6 Å². The number of fused-ring (bicyclic) bond motifs is 1. The van der Waals surface area contributed by atoms with Crippen LogP contribution in [0, 0.1) is 0 Å². The van der Waals surface area contributed by atoms with Crippen LogP contribution < -0.4 is 0 Å². The Morgan fingerprint density at radius 3 is 2.49 bits per heavy atom. The maximum absolute atomic E-state index is 12.8. The van der Waals surface area contributed by atoms with E-state index in [0.29, 0.717) is 30.4 Å². The molecule has 4 rings (SSSR count). The number of rotatable bonds is 7. The van der Waals surface area contributed by atoms with Crippen LogP contribution in [-0.2, 0) is 16.1 Å². The molecule has 1 amide bonds. The molecule has 37 heavy (non-hydrogen) atoms. The van der Waals surface area contributed by atoms with Crippen LogP contribution in [0.3, 0.4) is 0 Å². The minimum absolute atomic E-state index is 0.134. The van der Waals surface area contributed by atoms with E-state index in [9.17, 15) is 18.0 Å². The Hall–Kier alpha value is -3.58. The van der Waals surface area contributed by atoms with E-state index in [0.717, 1.165) is 32.5 Å². The molecule has 0 radical (unpaired) electrons. The largest absolute Gasteiger partial charge is 0.490 e. The number of ether oxygens (including phenoxy) is 1. The van der Waals surface area contributed by atoms with Gasteiger partial charge in [-0.1, -0.05) is 6.07 Å². The van der Waals surface area contributed by atoms with Gasteiger partial charge in [0.1, 0.15) is 6.33 Å². The number of aliphatic carboxylic acids is 1. The highest BCUT2D eigenvalue weighted by Crippen LogP contribution is 2.29. The summed E-state index contributed by atoms with van der Waals surface area (Å²) in [6.45, 7) is 4.00. The number of carboxylic acid groups (broad SMARTS) is 1. The van der Waals surface area contributed by atoms with Crippen molar-refractivity contribution in [2.24, 2.45) is 0 Å². The summed E-state index contributed by atoms with van der Waals surface area (Å²) in [6.07, 6.45) is 4.32. The van der Waals surface area contributed by atoms with Crippen LogP contribution in [-0.4, -0.2) is 92.7 Å². The molecule has 10 nitrogen and oxygen atoms in total. The standard InChI is InChI=1S/C22H28N6O2.C2HF3O2/c1-26(12-13-30-2)22(29)20-21-24-9-5-19(28(21)16-25-20)18-6-10-27(11-7-18)15-17-4-3-8-23-14-17;3-2(4,5)1(6)7/h3-5,8-9,14,16,18H,6-7,10-13,15H2,1-2H3;(H,6,7). The van der Waals surface area contributed by atoms with E-state index < -0.39 is 12.1 Å². The number of piperidine rings is 1. The van der Waals surface area contributed by atoms with Gasteiger partial charge in [0.15, 0.2) is 11.3 Å². The highest BCUT2D eigenvalue weighted by Gasteiger charge is 2.38. The molecule has 1 aliphatic heterocycles. The van der Waals surface area contributed by atoms with Crippen molar-refractivity contribution in [3.8, 4) is 0 Å². The van der Waals surface area contributed by atoms with Crippen LogP contribution in [0.25, 0.3) is 5.65 Å². The number of nitrogens with zero attached hydrogens (tertiary/aromatic N) is 6. The number of carbonyl (C=O) groups excluding carboxylic acids is 1. The van der Waals surface area contributed by atoms with Crippen molar-refractivity contribution in [1.82, 2.24) is 29.2 Å². The fourth-order valence-corrected chi connectivity index (χ4v) is 4.05. The Balaban J connectivity index is 0.000000479. The summed E-state index contributed by atoms with van der Waals surface area (Å²) in [5.41, 5.74) is 3.44. The Bertz CT molecular complexity index is 1180. The maximum Gasteiger partial charge on any atom is 0.490 e. The monoisotopic (exact) mass is 522 g/mol. The Morgan fingerprint density at radius 1 is 1.19 bits per heavy atom. The van der Waals surface area contributed by atoms with Crippen LogP contribution in [0.5, 0.6) is 0 Å². The normalized spacial score (nSPS) is 14.7. The Labute approximate surface area is 211 Å². The third kappa shape index (κ3) is 7.46. The van der Waals surface area contributed by atoms with E-state index in [1.54, 1.807) is 31.6 Å². The molecule has 3 aromatic heterocycles. The molecule has 1 aliphatic rings. The van der Waals surface area contributed by atoms with Gasteiger partial charge in [0, 0.05) is 57.4 Å². The molecule has 0 aromatic carbocycles. The number of aromatic nitrogens is 4. The first-order chi connectivity index (χ1) is 17.6. The topological polar surface area (TPSA) is 113 Å². The minimum Gasteiger partial charge on any atom is -0.475 e. The molecule has 0 saturated carbocycles. The van der Waals surface area contributed by atoms with Crippen molar-refractivity contribution < 1.29 is 32.6 Å². The van der Waals surface area contributed by atoms with E-state index in [4.69, 9.17) is 14.6 Å². The molecule has 0 unspecified atom stereocenters. The number of halogens is 3. The Morgan fingerprint density at radius 2 is 1.89 bits per heavy atom. The van der Waals surface area contributed by atoms with Gasteiger partial charge in [-0.25, -0.2) is 14.8 Å². The first kappa shape index (κ1) is 28.0. The molecule has 1 N–H and O–H groups in total. The summed E-state index contributed by atoms with van der Waals surface area (Å²) >= 11 is 0. The number of alkyl halides is 3. The number of carboxylic acids is 1. The van der Waals surface area contributed by atoms with Gasteiger partial charge in [0.05, 0.1) is 6.61 Å². The van der Waals surface area contributed by atoms with Gasteiger partial charge in [0.2, 0.25) is 0 Å². The van der Waals surface area contributed by atoms with Gasteiger partial charge in [-0.2, -0.15) is 13.2 Å². The summed E-state index contributed by atoms with van der Waals surface area (Å²) in [6, 6.07) is 6.17. The molecular formula is C24H29F3N6O4. The average molecular weight is 523 g/mol. The molecule has 1 saturated heterocycles. The molecular weight excluding hydrogens is 493 g/mol. The summed E-state index contributed by atoms with van der Waals surface area (Å²) in [4.78, 5) is 38.8. The minimum atomic E-state index is -5.08. The van der Waals surface area contributed by atoms with Crippen molar-refractivity contribution in [1.29, 1.82) is 0 Å². The van der Waals surface area contributed by atoms with E-state index in [1.165, 1.54) is 11.3 Å². The lowest BCUT2D eigenvalue weighted by atomic mass is 9.93. The third-order valence-electron chi connectivity index (χ3n) is 6.02. The number of pyridine rings is 1. The molecule has 0 atom stereocenters. The zero-order valence-electron chi connectivity index (χ0n) is 20.6. The average Bonchev–Trinajstić information content (AvgIpc) is 3.32. The third-order valence-corrected chi connectivity index (χ3v) is 6.02. The van der Waals surface area contributed by atoms with Gasteiger partial charge in [-0.15, -0.1) is 0 Å². The molecule has 0 aliphatic carbocycles. The van der Waals surface area contributed by atoms with Crippen molar-refractivity contribution in [2.45, 2.75) is 31.5 Å². The first-order valence-electron chi connectivity index (χ1n) is 11.6. The predicted molar refractivity (Wildman–Crippen MR) is 127 cm³/mol. The van der Waals surface area contributed by atoms with Crippen LogP contribution in [0.2, 0.25) is 0 Å². The smallest absolute Gasteiger partial charge is 0.475 e. The van der Waals surface area contributed by atoms with Crippen molar-refractivity contribution in [2.75, 3.05) is 40.4 Å². The van der Waals surface area contributed by atoms with E-state index in [-0.39, 0.29) is 5.91 Å². The number of methoxy groups -OCH3 is 1. The second-order valence-corrected chi connectivity index (χ2v) is 8.59. The number of hydrogen-bond acceptors (Lipinski definition) is 7. The number of hydrogen-bond donors (Lipinski definition) is 1. The van der Waals surface area contributed by atoms with Crippen LogP contribution in [0.4, 0.5) is 13.2 Å². The van der Waals surface area contributed by atoms with E-state index in [1.807, 2.05) is 22.9 Å². The second kappa shape index (κ2) is 12.6. The summed E-state index contributed by atoms with van der Waals surface area (Å²) in [7, 11) is 3.38. The summed E-state index contributed by atoms with van der Waals surface area (Å²) in [5.74, 6) is -2.47. The van der Waals surface area contributed by atoms with Gasteiger partial charge in [-0.3, -0.25) is 19.1 Å². The fourth-order valence-electron chi connectivity index (χ4n) is 4.05. The molecule has 13 heteroatoms. The SMILES string of the molecule is COCCN(C)C(=O)c1ncn2c(C3CCN(Cc4cccnc4)CC3)ccnc12.O=C(O)C(F)(F)F.